The van der Waals surface area contributed by atoms with Gasteiger partial charge in [0.05, 0.1) is 23.9 Å². The minimum atomic E-state index is -0.337. The summed E-state index contributed by atoms with van der Waals surface area (Å²) in [6.45, 7) is 4.72. The fraction of sp³-hybridized carbons (Fsp3) is 0.474. The molecule has 1 aromatic rings. The molecule has 2 aliphatic heterocycles. The summed E-state index contributed by atoms with van der Waals surface area (Å²) in [7, 11) is 0. The molecule has 5 nitrogen and oxygen atoms in total. The van der Waals surface area contributed by atoms with Crippen LogP contribution in [0.15, 0.2) is 40.8 Å². The first-order valence-electron chi connectivity index (χ1n) is 8.95. The van der Waals surface area contributed by atoms with Gasteiger partial charge in [-0.25, -0.2) is 4.79 Å². The van der Waals surface area contributed by atoms with Gasteiger partial charge in [-0.15, -0.1) is 6.58 Å². The van der Waals surface area contributed by atoms with Crippen LogP contribution in [0.4, 0.5) is 4.79 Å². The Morgan fingerprint density at radius 2 is 2.08 bits per heavy atom. The van der Waals surface area contributed by atoms with Crippen LogP contribution in [0.25, 0.3) is 0 Å². The second kappa shape index (κ2) is 6.67. The summed E-state index contributed by atoms with van der Waals surface area (Å²) in [5.41, 5.74) is 2.59. The molecule has 1 fully saturated rings. The highest BCUT2D eigenvalue weighted by atomic mass is 32.1. The van der Waals surface area contributed by atoms with Crippen molar-refractivity contribution in [2.45, 2.75) is 44.2 Å². The fourth-order valence-corrected chi connectivity index (χ4v) is 4.90. The maximum Gasteiger partial charge on any atom is 0.322 e. The van der Waals surface area contributed by atoms with Gasteiger partial charge in [-0.05, 0) is 35.2 Å². The van der Waals surface area contributed by atoms with Gasteiger partial charge in [-0.3, -0.25) is 9.69 Å². The Kier molecular flexibility index (Phi) is 4.37. The van der Waals surface area contributed by atoms with E-state index in [4.69, 9.17) is 0 Å². The summed E-state index contributed by atoms with van der Waals surface area (Å²) in [5, 5.41) is 7.01. The Morgan fingerprint density at radius 3 is 2.76 bits per heavy atom. The van der Waals surface area contributed by atoms with E-state index < -0.39 is 0 Å². The number of hydrogen-bond donors (Lipinski definition) is 1. The van der Waals surface area contributed by atoms with Gasteiger partial charge in [0, 0.05) is 12.6 Å². The zero-order valence-corrected chi connectivity index (χ0v) is 15.1. The van der Waals surface area contributed by atoms with E-state index in [2.05, 4.69) is 11.9 Å². The lowest BCUT2D eigenvalue weighted by Crippen LogP contribution is -2.47. The maximum absolute atomic E-state index is 13.3. The van der Waals surface area contributed by atoms with Crippen molar-refractivity contribution in [1.82, 2.24) is 15.1 Å². The van der Waals surface area contributed by atoms with E-state index in [1.54, 1.807) is 22.3 Å². The largest absolute Gasteiger partial charge is 0.330 e. The molecule has 1 saturated carbocycles. The van der Waals surface area contributed by atoms with Crippen molar-refractivity contribution in [3.63, 3.8) is 0 Å². The summed E-state index contributed by atoms with van der Waals surface area (Å²) in [4.78, 5) is 29.6. The van der Waals surface area contributed by atoms with Crippen molar-refractivity contribution in [1.29, 1.82) is 0 Å². The van der Waals surface area contributed by atoms with Crippen LogP contribution in [-0.4, -0.2) is 40.9 Å². The van der Waals surface area contributed by atoms with E-state index in [0.29, 0.717) is 19.1 Å². The Balaban J connectivity index is 1.70. The zero-order chi connectivity index (χ0) is 17.4. The zero-order valence-electron chi connectivity index (χ0n) is 14.2. The molecular weight excluding hydrogens is 334 g/mol. The Bertz CT molecular complexity index is 719. The van der Waals surface area contributed by atoms with Gasteiger partial charge in [-0.2, -0.15) is 11.3 Å². The molecule has 1 aliphatic carbocycles. The van der Waals surface area contributed by atoms with E-state index in [1.807, 2.05) is 21.7 Å². The minimum absolute atomic E-state index is 0.0900. The molecule has 0 unspecified atom stereocenters. The minimum Gasteiger partial charge on any atom is -0.330 e. The lowest BCUT2D eigenvalue weighted by molar-refractivity contribution is -0.128. The van der Waals surface area contributed by atoms with Gasteiger partial charge >= 0.3 is 6.03 Å². The van der Waals surface area contributed by atoms with Gasteiger partial charge in [0.25, 0.3) is 5.91 Å². The molecule has 25 heavy (non-hydrogen) atoms. The van der Waals surface area contributed by atoms with Gasteiger partial charge in [0.15, 0.2) is 0 Å². The number of hydrogen-bond acceptors (Lipinski definition) is 3. The fourth-order valence-electron chi connectivity index (χ4n) is 4.21. The third-order valence-corrected chi connectivity index (χ3v) is 6.15. The molecule has 132 valence electrons. The molecule has 4 rings (SSSR count). The molecule has 3 aliphatic rings. The molecular formula is C19H23N3O2S. The highest BCUT2D eigenvalue weighted by molar-refractivity contribution is 7.08. The van der Waals surface area contributed by atoms with Crippen molar-refractivity contribution in [3.8, 4) is 0 Å². The van der Waals surface area contributed by atoms with Crippen molar-refractivity contribution < 1.29 is 9.59 Å². The molecule has 3 amide bonds. The predicted molar refractivity (Wildman–Crippen MR) is 98.1 cm³/mol. The molecule has 1 aromatic heterocycles. The summed E-state index contributed by atoms with van der Waals surface area (Å²) >= 11 is 1.58. The van der Waals surface area contributed by atoms with Crippen LogP contribution in [0.3, 0.4) is 0 Å². The number of thiophene rings is 1. The third-order valence-electron chi connectivity index (χ3n) is 5.45. The summed E-state index contributed by atoms with van der Waals surface area (Å²) in [5.74, 6) is 0.0900. The van der Waals surface area contributed by atoms with Gasteiger partial charge in [0.2, 0.25) is 0 Å². The topological polar surface area (TPSA) is 52.7 Å². The van der Waals surface area contributed by atoms with Crippen LogP contribution >= 0.6 is 11.3 Å². The highest BCUT2D eigenvalue weighted by Gasteiger charge is 2.45. The number of rotatable bonds is 4. The van der Waals surface area contributed by atoms with E-state index >= 15 is 0 Å². The van der Waals surface area contributed by atoms with Crippen LogP contribution in [0.1, 0.15) is 43.7 Å². The first-order valence-corrected chi connectivity index (χ1v) is 9.90. The summed E-state index contributed by atoms with van der Waals surface area (Å²) in [6, 6.07) is 1.81. The second-order valence-electron chi connectivity index (χ2n) is 6.92. The average molecular weight is 357 g/mol. The van der Waals surface area contributed by atoms with Crippen molar-refractivity contribution in [2.24, 2.45) is 0 Å². The molecule has 3 heterocycles. The molecule has 6 heteroatoms. The van der Waals surface area contributed by atoms with Crippen LogP contribution < -0.4 is 5.32 Å². The molecule has 0 saturated heterocycles. The number of carbonyl (C=O) groups excluding carboxylic acids is 2. The maximum atomic E-state index is 13.3. The SMILES string of the molecule is C=CCN1C(=O)N[C@H](c2ccsc2)C2=C1CN(C1CCCCC1)C2=O. The average Bonchev–Trinajstić information content (AvgIpc) is 3.27. The van der Waals surface area contributed by atoms with Crippen LogP contribution in [-0.2, 0) is 4.79 Å². The smallest absolute Gasteiger partial charge is 0.322 e. The van der Waals surface area contributed by atoms with E-state index in [9.17, 15) is 9.59 Å². The van der Waals surface area contributed by atoms with E-state index in [1.165, 1.54) is 19.3 Å². The number of urea groups is 1. The normalized spacial score (nSPS) is 24.6. The van der Waals surface area contributed by atoms with Crippen molar-refractivity contribution in [2.75, 3.05) is 13.1 Å². The van der Waals surface area contributed by atoms with Crippen LogP contribution in [0, 0.1) is 0 Å². The first kappa shape index (κ1) is 16.4. The van der Waals surface area contributed by atoms with Gasteiger partial charge in [-0.1, -0.05) is 25.3 Å². The van der Waals surface area contributed by atoms with E-state index in [0.717, 1.165) is 29.7 Å². The second-order valence-corrected chi connectivity index (χ2v) is 7.70. The lowest BCUT2D eigenvalue weighted by Gasteiger charge is -2.32. The number of nitrogens with one attached hydrogen (secondary N) is 1. The molecule has 1 atom stereocenters. The first-order chi connectivity index (χ1) is 12.2. The molecule has 0 aromatic carbocycles. The monoisotopic (exact) mass is 357 g/mol. The van der Waals surface area contributed by atoms with Crippen molar-refractivity contribution >= 4 is 23.3 Å². The summed E-state index contributed by atoms with van der Waals surface area (Å²) < 4.78 is 0. The van der Waals surface area contributed by atoms with Crippen LogP contribution in [0.2, 0.25) is 0 Å². The van der Waals surface area contributed by atoms with Gasteiger partial charge in [0.1, 0.15) is 0 Å². The number of amides is 3. The molecule has 0 spiro atoms. The highest BCUT2D eigenvalue weighted by Crippen LogP contribution is 2.39. The number of carbonyl (C=O) groups is 2. The molecule has 0 bridgehead atoms. The van der Waals surface area contributed by atoms with Crippen molar-refractivity contribution in [3.05, 3.63) is 46.3 Å². The standard InChI is InChI=1S/C19H23N3O2S/c1-2-9-21-15-11-22(14-6-4-3-5-7-14)18(23)16(15)17(20-19(21)24)13-8-10-25-12-13/h2,8,10,12,14,17H,1,3-7,9,11H2,(H,20,24)/t17-/m1/s1. The molecule has 1 N–H and O–H groups in total. The van der Waals surface area contributed by atoms with Gasteiger partial charge < -0.3 is 10.2 Å². The number of nitrogens with zero attached hydrogens (tertiary/aromatic N) is 2. The molecule has 0 radical (unpaired) electrons. The summed E-state index contributed by atoms with van der Waals surface area (Å²) in [6.07, 6.45) is 7.46. The third kappa shape index (κ3) is 2.78. The van der Waals surface area contributed by atoms with Crippen LogP contribution in [0.5, 0.6) is 0 Å². The Labute approximate surface area is 152 Å². The Hall–Kier alpha value is -2.08. The predicted octanol–water partition coefficient (Wildman–Crippen LogP) is 3.43. The van der Waals surface area contributed by atoms with E-state index in [-0.39, 0.29) is 18.0 Å². The Morgan fingerprint density at radius 1 is 1.28 bits per heavy atom. The quantitative estimate of drug-likeness (QED) is 0.840. The lowest BCUT2D eigenvalue weighted by atomic mass is 9.94.